The van der Waals surface area contributed by atoms with E-state index >= 15 is 0 Å². The molecule has 0 saturated heterocycles. The molecule has 4 N–H and O–H groups in total. The molecule has 10 heteroatoms. The Morgan fingerprint density at radius 2 is 1.41 bits per heavy atom. The SMILES string of the molecule is CC(CCC=C(c1cc(Cl)c(O)c(C(=O)O)c1)c1cc(Cl)c(O)c(C(=O)O)c1)[C@H]1CCC2C3CC[C@@H]4CC(F)(F)CC[C@]4(C)C3CC[C@@]21C. The number of aromatic carboxylic acids is 2. The van der Waals surface area contributed by atoms with Crippen LogP contribution in [0.25, 0.3) is 5.57 Å². The van der Waals surface area contributed by atoms with Crippen LogP contribution in [0.15, 0.2) is 30.3 Å². The van der Waals surface area contributed by atoms with Gasteiger partial charge in [0.25, 0.3) is 0 Å². The summed E-state index contributed by atoms with van der Waals surface area (Å²) in [5, 5.41) is 39.7. The Kier molecular flexibility index (Phi) is 9.58. The van der Waals surface area contributed by atoms with Gasteiger partial charge in [0.1, 0.15) is 22.6 Å². The molecule has 4 saturated carbocycles. The number of rotatable bonds is 8. The molecule has 0 aromatic heterocycles. The Bertz CT molecular complexity index is 1620. The molecule has 4 fully saturated rings. The maximum atomic E-state index is 14.4. The first-order chi connectivity index (χ1) is 23.0. The molecule has 0 amide bonds. The number of carboxylic acid groups (broad SMARTS) is 2. The molecule has 4 aliphatic rings. The van der Waals surface area contributed by atoms with Gasteiger partial charge in [-0.05, 0) is 145 Å². The summed E-state index contributed by atoms with van der Waals surface area (Å²) in [6.07, 6.45) is 10.5. The summed E-state index contributed by atoms with van der Waals surface area (Å²) >= 11 is 12.5. The summed E-state index contributed by atoms with van der Waals surface area (Å²) in [4.78, 5) is 23.8. The van der Waals surface area contributed by atoms with E-state index in [2.05, 4.69) is 20.8 Å². The van der Waals surface area contributed by atoms with Gasteiger partial charge in [-0.25, -0.2) is 18.4 Å². The fraction of sp³-hybridized carbons (Fsp3) is 0.590. The predicted molar refractivity (Wildman–Crippen MR) is 186 cm³/mol. The molecule has 0 spiro atoms. The van der Waals surface area contributed by atoms with Gasteiger partial charge in [0, 0.05) is 12.8 Å². The second-order valence-corrected chi connectivity index (χ2v) is 16.8. The summed E-state index contributed by atoms with van der Waals surface area (Å²) in [7, 11) is 0. The average molecular weight is 720 g/mol. The molecular formula is C39H46Cl2F2O6. The predicted octanol–water partition coefficient (Wildman–Crippen LogP) is 10.9. The minimum absolute atomic E-state index is 0.00603. The third kappa shape index (κ3) is 6.34. The van der Waals surface area contributed by atoms with Crippen molar-refractivity contribution in [1.82, 2.24) is 0 Å². The molecule has 2 aromatic rings. The maximum Gasteiger partial charge on any atom is 0.339 e. The Labute approximate surface area is 296 Å². The number of aromatic hydroxyl groups is 2. The number of halogens is 4. The second-order valence-electron chi connectivity index (χ2n) is 15.9. The summed E-state index contributed by atoms with van der Waals surface area (Å²) in [6.45, 7) is 7.07. The van der Waals surface area contributed by atoms with Gasteiger partial charge in [0.2, 0.25) is 5.92 Å². The standard InChI is InChI=1S/C39H46Cl2F2O6/c1-20(28-9-10-29-25-8-7-23-19-39(42,43)14-13-37(23,2)30(25)11-12-38(28,29)3)5-4-6-24(21-15-26(35(46)47)33(44)31(40)17-21)22-16-27(36(48)49)34(45)32(41)18-22/h6,15-18,20,23,25,28-30,44-45H,4-5,7-14,19H2,1-3H3,(H,46,47)(H,48,49)/t20?,23-,25?,28-,29?,30?,37+,38-/m1/s1. The van der Waals surface area contributed by atoms with Gasteiger partial charge in [-0.2, -0.15) is 0 Å². The van der Waals surface area contributed by atoms with Crippen LogP contribution in [0.1, 0.15) is 123 Å². The lowest BCUT2D eigenvalue weighted by Gasteiger charge is -2.61. The van der Waals surface area contributed by atoms with Gasteiger partial charge >= 0.3 is 11.9 Å². The van der Waals surface area contributed by atoms with Crippen LogP contribution in [-0.4, -0.2) is 38.3 Å². The van der Waals surface area contributed by atoms with E-state index < -0.39 is 40.5 Å². The molecule has 8 atom stereocenters. The Morgan fingerprint density at radius 3 is 1.98 bits per heavy atom. The Hall–Kier alpha value is -2.84. The molecule has 6 rings (SSSR count). The number of allylic oxidation sites excluding steroid dienone is 1. The van der Waals surface area contributed by atoms with Gasteiger partial charge in [-0.1, -0.05) is 50.0 Å². The molecule has 0 bridgehead atoms. The molecule has 2 aromatic carbocycles. The number of phenols is 2. The minimum atomic E-state index is -2.53. The number of hydrogen-bond acceptors (Lipinski definition) is 4. The lowest BCUT2D eigenvalue weighted by molar-refractivity contribution is -0.164. The topological polar surface area (TPSA) is 115 Å². The van der Waals surface area contributed by atoms with E-state index in [0.717, 1.165) is 38.5 Å². The monoisotopic (exact) mass is 718 g/mol. The largest absolute Gasteiger partial charge is 0.505 e. The van der Waals surface area contributed by atoms with Crippen molar-refractivity contribution in [2.45, 2.75) is 97.3 Å². The zero-order chi connectivity index (χ0) is 35.6. The number of hydrogen-bond donors (Lipinski definition) is 4. The fourth-order valence-electron chi connectivity index (χ4n) is 11.1. The smallest absolute Gasteiger partial charge is 0.339 e. The van der Waals surface area contributed by atoms with Crippen LogP contribution in [0.4, 0.5) is 8.78 Å². The first kappa shape index (κ1) is 36.0. The van der Waals surface area contributed by atoms with Gasteiger partial charge in [-0.15, -0.1) is 0 Å². The van der Waals surface area contributed by atoms with Crippen LogP contribution in [0.3, 0.4) is 0 Å². The molecule has 0 radical (unpaired) electrons. The number of alkyl halides is 2. The van der Waals surface area contributed by atoms with Crippen LogP contribution in [0, 0.1) is 46.3 Å². The van der Waals surface area contributed by atoms with Crippen LogP contribution >= 0.6 is 23.2 Å². The van der Waals surface area contributed by atoms with E-state index in [9.17, 15) is 38.8 Å². The van der Waals surface area contributed by atoms with Crippen molar-refractivity contribution in [3.63, 3.8) is 0 Å². The van der Waals surface area contributed by atoms with Crippen molar-refractivity contribution >= 4 is 40.7 Å². The molecule has 0 aliphatic heterocycles. The highest BCUT2D eigenvalue weighted by atomic mass is 35.5. The normalized spacial score (nSPS) is 32.3. The van der Waals surface area contributed by atoms with E-state index in [1.807, 2.05) is 6.08 Å². The van der Waals surface area contributed by atoms with Crippen LogP contribution in [0.5, 0.6) is 11.5 Å². The quantitative estimate of drug-likeness (QED) is 0.216. The van der Waals surface area contributed by atoms with Gasteiger partial charge in [0.15, 0.2) is 0 Å². The Morgan fingerprint density at radius 1 is 0.837 bits per heavy atom. The number of benzene rings is 2. The third-order valence-electron chi connectivity index (χ3n) is 13.6. The minimum Gasteiger partial charge on any atom is -0.505 e. The van der Waals surface area contributed by atoms with E-state index in [0.29, 0.717) is 59.1 Å². The number of carbonyl (C=O) groups is 2. The second kappa shape index (κ2) is 13.0. The summed E-state index contributed by atoms with van der Waals surface area (Å²) in [6, 6.07) is 5.46. The molecule has 49 heavy (non-hydrogen) atoms. The zero-order valence-electron chi connectivity index (χ0n) is 28.2. The first-order valence-electron chi connectivity index (χ1n) is 17.6. The average Bonchev–Trinajstić information content (AvgIpc) is 3.39. The van der Waals surface area contributed by atoms with Gasteiger partial charge < -0.3 is 20.4 Å². The molecule has 4 unspecified atom stereocenters. The van der Waals surface area contributed by atoms with Crippen molar-refractivity contribution in [2.75, 3.05) is 0 Å². The first-order valence-corrected chi connectivity index (χ1v) is 18.3. The molecule has 4 aliphatic carbocycles. The number of fused-ring (bicyclic) bond motifs is 5. The van der Waals surface area contributed by atoms with E-state index in [1.165, 1.54) is 30.7 Å². The van der Waals surface area contributed by atoms with Gasteiger partial charge in [0.05, 0.1) is 10.0 Å². The maximum absolute atomic E-state index is 14.4. The third-order valence-corrected chi connectivity index (χ3v) is 14.2. The summed E-state index contributed by atoms with van der Waals surface area (Å²) < 4.78 is 28.8. The highest BCUT2D eigenvalue weighted by Crippen LogP contribution is 2.69. The van der Waals surface area contributed by atoms with Crippen LogP contribution in [-0.2, 0) is 0 Å². The lowest BCUT2D eigenvalue weighted by Crippen LogP contribution is -2.55. The summed E-state index contributed by atoms with van der Waals surface area (Å²) in [5.74, 6) is -3.73. The van der Waals surface area contributed by atoms with Crippen molar-refractivity contribution < 1.29 is 38.8 Å². The van der Waals surface area contributed by atoms with Crippen molar-refractivity contribution in [2.24, 2.45) is 46.3 Å². The lowest BCUT2D eigenvalue weighted by atomic mass is 9.44. The molecular weight excluding hydrogens is 673 g/mol. The zero-order valence-corrected chi connectivity index (χ0v) is 29.8. The van der Waals surface area contributed by atoms with Gasteiger partial charge in [-0.3, -0.25) is 0 Å². The molecule has 0 heterocycles. The Balaban J connectivity index is 1.25. The van der Waals surface area contributed by atoms with E-state index in [4.69, 9.17) is 23.2 Å². The summed E-state index contributed by atoms with van der Waals surface area (Å²) in [5.41, 5.74) is 0.609. The van der Waals surface area contributed by atoms with Crippen LogP contribution in [0.2, 0.25) is 10.0 Å². The highest BCUT2D eigenvalue weighted by molar-refractivity contribution is 6.33. The van der Waals surface area contributed by atoms with Crippen molar-refractivity contribution in [1.29, 1.82) is 0 Å². The fourth-order valence-corrected chi connectivity index (χ4v) is 11.5. The number of carboxylic acids is 2. The highest BCUT2D eigenvalue weighted by Gasteiger charge is 2.62. The van der Waals surface area contributed by atoms with Crippen LogP contribution < -0.4 is 0 Å². The van der Waals surface area contributed by atoms with Crippen molar-refractivity contribution in [3.05, 3.63) is 62.6 Å². The molecule has 266 valence electrons. The van der Waals surface area contributed by atoms with E-state index in [1.54, 1.807) is 0 Å². The van der Waals surface area contributed by atoms with E-state index in [-0.39, 0.29) is 39.6 Å². The molecule has 6 nitrogen and oxygen atoms in total. The van der Waals surface area contributed by atoms with Crippen molar-refractivity contribution in [3.8, 4) is 11.5 Å².